The van der Waals surface area contributed by atoms with Crippen molar-refractivity contribution >= 4 is 27.3 Å². The van der Waals surface area contributed by atoms with E-state index in [9.17, 15) is 8.42 Å². The van der Waals surface area contributed by atoms with Gasteiger partial charge in [0.05, 0.1) is 10.6 Å². The number of rotatable bonds is 4. The summed E-state index contributed by atoms with van der Waals surface area (Å²) in [6, 6.07) is 11.1. The lowest BCUT2D eigenvalue weighted by Crippen LogP contribution is -2.18. The number of hydrogen-bond donors (Lipinski definition) is 2. The maximum Gasteiger partial charge on any atom is 0.240 e. The highest BCUT2D eigenvalue weighted by Crippen LogP contribution is 2.30. The number of nitrogens with one attached hydrogen (secondary N) is 1. The van der Waals surface area contributed by atoms with Crippen molar-refractivity contribution in [3.8, 4) is 11.5 Å². The van der Waals surface area contributed by atoms with E-state index in [2.05, 4.69) is 4.72 Å². The Morgan fingerprint density at radius 1 is 1.20 bits per heavy atom. The van der Waals surface area contributed by atoms with Crippen molar-refractivity contribution in [2.24, 2.45) is 0 Å². The number of sulfonamides is 1. The summed E-state index contributed by atoms with van der Waals surface area (Å²) in [5, 5.41) is 0.537. The topological polar surface area (TPSA) is 81.4 Å². The van der Waals surface area contributed by atoms with E-state index in [0.29, 0.717) is 16.5 Å². The zero-order valence-electron chi connectivity index (χ0n) is 10.6. The van der Waals surface area contributed by atoms with Crippen LogP contribution >= 0.6 is 11.6 Å². The minimum Gasteiger partial charge on any atom is -0.455 e. The van der Waals surface area contributed by atoms with Gasteiger partial charge in [-0.05, 0) is 43.4 Å². The van der Waals surface area contributed by atoms with Crippen LogP contribution in [0.25, 0.3) is 0 Å². The van der Waals surface area contributed by atoms with Crippen molar-refractivity contribution in [1.29, 1.82) is 0 Å². The standard InChI is InChI=1S/C13H13ClN2O3S/c1-16-20(17,18)11-5-6-13(12(15)8-11)19-10-4-2-3-9(14)7-10/h2-8,16H,15H2,1H3. The van der Waals surface area contributed by atoms with Crippen LogP contribution in [-0.4, -0.2) is 15.5 Å². The van der Waals surface area contributed by atoms with E-state index >= 15 is 0 Å². The summed E-state index contributed by atoms with van der Waals surface area (Å²) in [4.78, 5) is 0.0796. The Morgan fingerprint density at radius 3 is 2.55 bits per heavy atom. The van der Waals surface area contributed by atoms with Gasteiger partial charge in [0.2, 0.25) is 10.0 Å². The van der Waals surface area contributed by atoms with Gasteiger partial charge in [-0.1, -0.05) is 17.7 Å². The third-order valence-electron chi connectivity index (χ3n) is 2.58. The fourth-order valence-corrected chi connectivity index (χ4v) is 2.51. The largest absolute Gasteiger partial charge is 0.455 e. The molecule has 0 aromatic heterocycles. The number of nitrogen functional groups attached to an aromatic ring is 1. The van der Waals surface area contributed by atoms with Crippen LogP contribution in [0.1, 0.15) is 0 Å². The molecule has 0 unspecified atom stereocenters. The van der Waals surface area contributed by atoms with Gasteiger partial charge in [0.1, 0.15) is 11.5 Å². The van der Waals surface area contributed by atoms with Crippen molar-refractivity contribution in [3.05, 3.63) is 47.5 Å². The molecule has 2 rings (SSSR count). The fourth-order valence-electron chi connectivity index (χ4n) is 1.56. The van der Waals surface area contributed by atoms with Gasteiger partial charge in [0, 0.05) is 5.02 Å². The van der Waals surface area contributed by atoms with Gasteiger partial charge in [-0.15, -0.1) is 0 Å². The third-order valence-corrected chi connectivity index (χ3v) is 4.23. The number of halogens is 1. The van der Waals surface area contributed by atoms with E-state index in [4.69, 9.17) is 22.1 Å². The molecule has 20 heavy (non-hydrogen) atoms. The lowest BCUT2D eigenvalue weighted by molar-refractivity contribution is 0.484. The van der Waals surface area contributed by atoms with Crippen molar-refractivity contribution in [3.63, 3.8) is 0 Å². The highest BCUT2D eigenvalue weighted by atomic mass is 35.5. The molecular weight excluding hydrogens is 300 g/mol. The summed E-state index contributed by atoms with van der Waals surface area (Å²) in [5.41, 5.74) is 6.03. The van der Waals surface area contributed by atoms with Gasteiger partial charge in [-0.2, -0.15) is 0 Å². The first-order valence-corrected chi connectivity index (χ1v) is 7.55. The Labute approximate surface area is 122 Å². The minimum atomic E-state index is -3.52. The van der Waals surface area contributed by atoms with Crippen molar-refractivity contribution in [1.82, 2.24) is 4.72 Å². The Morgan fingerprint density at radius 2 is 1.95 bits per heavy atom. The molecule has 0 spiro atoms. The second-order valence-corrected chi connectivity index (χ2v) is 6.29. The third kappa shape index (κ3) is 3.22. The number of benzene rings is 2. The van der Waals surface area contributed by atoms with Crippen LogP contribution in [-0.2, 0) is 10.0 Å². The zero-order valence-corrected chi connectivity index (χ0v) is 12.2. The van der Waals surface area contributed by atoms with Gasteiger partial charge >= 0.3 is 0 Å². The number of ether oxygens (including phenoxy) is 1. The Kier molecular flexibility index (Phi) is 4.17. The van der Waals surface area contributed by atoms with Crippen LogP contribution in [0.5, 0.6) is 11.5 Å². The molecule has 0 aliphatic rings. The second kappa shape index (κ2) is 5.70. The van der Waals surface area contributed by atoms with Crippen LogP contribution in [0.4, 0.5) is 5.69 Å². The molecule has 5 nitrogen and oxygen atoms in total. The van der Waals surface area contributed by atoms with Crippen LogP contribution in [0.3, 0.4) is 0 Å². The number of nitrogens with two attached hydrogens (primary N) is 1. The molecule has 0 fully saturated rings. The molecular formula is C13H13ClN2O3S. The van der Waals surface area contributed by atoms with Gasteiger partial charge < -0.3 is 10.5 Å². The first kappa shape index (κ1) is 14.6. The molecule has 0 aliphatic carbocycles. The van der Waals surface area contributed by atoms with Gasteiger partial charge in [-0.25, -0.2) is 13.1 Å². The number of anilines is 1. The van der Waals surface area contributed by atoms with E-state index in [1.54, 1.807) is 24.3 Å². The predicted octanol–water partition coefficient (Wildman–Crippen LogP) is 2.62. The van der Waals surface area contributed by atoms with Crippen LogP contribution in [0.15, 0.2) is 47.4 Å². The maximum absolute atomic E-state index is 11.6. The lowest BCUT2D eigenvalue weighted by atomic mass is 10.3. The molecule has 7 heteroatoms. The molecule has 0 aliphatic heterocycles. The highest BCUT2D eigenvalue weighted by Gasteiger charge is 2.13. The molecule has 0 atom stereocenters. The molecule has 0 heterocycles. The van der Waals surface area contributed by atoms with Crippen LogP contribution in [0, 0.1) is 0 Å². The van der Waals surface area contributed by atoms with Gasteiger partial charge in [-0.3, -0.25) is 0 Å². The first-order chi connectivity index (χ1) is 9.42. The minimum absolute atomic E-state index is 0.0796. The summed E-state index contributed by atoms with van der Waals surface area (Å²) in [5.74, 6) is 0.885. The normalized spacial score (nSPS) is 11.3. The summed E-state index contributed by atoms with van der Waals surface area (Å²) < 4.78 is 31.1. The summed E-state index contributed by atoms with van der Waals surface area (Å²) in [6.07, 6.45) is 0. The van der Waals surface area contributed by atoms with Gasteiger partial charge in [0.25, 0.3) is 0 Å². The molecule has 2 aromatic carbocycles. The molecule has 106 valence electrons. The van der Waals surface area contributed by atoms with E-state index in [1.165, 1.54) is 25.2 Å². The Balaban J connectivity index is 2.31. The van der Waals surface area contributed by atoms with Crippen molar-refractivity contribution in [2.45, 2.75) is 4.90 Å². The van der Waals surface area contributed by atoms with E-state index in [0.717, 1.165) is 0 Å². The molecule has 0 radical (unpaired) electrons. The van der Waals surface area contributed by atoms with Crippen molar-refractivity contribution < 1.29 is 13.2 Å². The summed E-state index contributed by atoms with van der Waals surface area (Å²) >= 11 is 5.86. The monoisotopic (exact) mass is 312 g/mol. The average Bonchev–Trinajstić information content (AvgIpc) is 2.41. The summed E-state index contributed by atoms with van der Waals surface area (Å²) in [7, 11) is -2.19. The van der Waals surface area contributed by atoms with E-state index in [1.807, 2.05) is 0 Å². The predicted molar refractivity (Wildman–Crippen MR) is 78.6 cm³/mol. The molecule has 0 saturated carbocycles. The van der Waals surface area contributed by atoms with E-state index < -0.39 is 10.0 Å². The SMILES string of the molecule is CNS(=O)(=O)c1ccc(Oc2cccc(Cl)c2)c(N)c1. The van der Waals surface area contributed by atoms with Crippen LogP contribution < -0.4 is 15.2 Å². The Bertz CT molecular complexity index is 732. The van der Waals surface area contributed by atoms with Crippen LogP contribution in [0.2, 0.25) is 5.02 Å². The second-order valence-electron chi connectivity index (χ2n) is 3.97. The lowest BCUT2D eigenvalue weighted by Gasteiger charge is -2.10. The average molecular weight is 313 g/mol. The van der Waals surface area contributed by atoms with E-state index in [-0.39, 0.29) is 10.6 Å². The smallest absolute Gasteiger partial charge is 0.240 e. The zero-order chi connectivity index (χ0) is 14.8. The molecule has 0 bridgehead atoms. The van der Waals surface area contributed by atoms with Crippen molar-refractivity contribution in [2.75, 3.05) is 12.8 Å². The Hall–Kier alpha value is -1.76. The molecule has 2 aromatic rings. The maximum atomic E-state index is 11.6. The quantitative estimate of drug-likeness (QED) is 0.850. The van der Waals surface area contributed by atoms with Gasteiger partial charge in [0.15, 0.2) is 0 Å². The summed E-state index contributed by atoms with van der Waals surface area (Å²) in [6.45, 7) is 0. The molecule has 0 amide bonds. The fraction of sp³-hybridized carbons (Fsp3) is 0.0769. The number of hydrogen-bond acceptors (Lipinski definition) is 4. The molecule has 3 N–H and O–H groups in total. The highest BCUT2D eigenvalue weighted by molar-refractivity contribution is 7.89. The first-order valence-electron chi connectivity index (χ1n) is 5.69. The molecule has 0 saturated heterocycles.